The molecule has 1 aromatic heterocycles. The molecule has 1 aromatic carbocycles. The Morgan fingerprint density at radius 3 is 2.42 bits per heavy atom. The number of carbonyl (C=O) groups excluding carboxylic acids is 2. The topological polar surface area (TPSA) is 74.8 Å². The van der Waals surface area contributed by atoms with E-state index in [0.717, 1.165) is 18.8 Å². The van der Waals surface area contributed by atoms with Gasteiger partial charge in [-0.3, -0.25) is 9.59 Å². The Balaban J connectivity index is 1.48. The first-order valence-corrected chi connectivity index (χ1v) is 8.56. The van der Waals surface area contributed by atoms with Crippen LogP contribution in [0.3, 0.4) is 0 Å². The van der Waals surface area contributed by atoms with Crippen LogP contribution in [0.15, 0.2) is 48.7 Å². The number of pyridine rings is 1. The zero-order valence-corrected chi connectivity index (χ0v) is 14.7. The maximum absolute atomic E-state index is 11.9. The highest BCUT2D eigenvalue weighted by Crippen LogP contribution is 2.17. The van der Waals surface area contributed by atoms with Crippen molar-refractivity contribution in [3.8, 4) is 5.75 Å². The third-order valence-corrected chi connectivity index (χ3v) is 4.22. The lowest BCUT2D eigenvalue weighted by atomic mass is 10.2. The lowest BCUT2D eigenvalue weighted by Gasteiger charge is -2.35. The first kappa shape index (κ1) is 17.7. The molecule has 1 N–H and O–H groups in total. The van der Waals surface area contributed by atoms with Crippen molar-refractivity contribution in [3.63, 3.8) is 0 Å². The third kappa shape index (κ3) is 4.72. The number of nitrogens with one attached hydrogen (secondary N) is 1. The largest absolute Gasteiger partial charge is 0.484 e. The molecule has 2 aromatic rings. The van der Waals surface area contributed by atoms with E-state index < -0.39 is 0 Å². The van der Waals surface area contributed by atoms with Gasteiger partial charge in [0, 0.05) is 33.1 Å². The van der Waals surface area contributed by atoms with E-state index >= 15 is 0 Å². The van der Waals surface area contributed by atoms with Gasteiger partial charge >= 0.3 is 0 Å². The molecule has 1 fully saturated rings. The van der Waals surface area contributed by atoms with Gasteiger partial charge in [0.2, 0.25) is 5.91 Å². The SMILES string of the molecule is CC(=O)N1CCN(c2ccc(NC(=O)COc3ccccc3)nc2)CC1. The molecular weight excluding hydrogens is 332 g/mol. The van der Waals surface area contributed by atoms with Gasteiger partial charge in [-0.2, -0.15) is 0 Å². The smallest absolute Gasteiger partial charge is 0.263 e. The van der Waals surface area contributed by atoms with Gasteiger partial charge in [-0.05, 0) is 24.3 Å². The second-order valence-corrected chi connectivity index (χ2v) is 6.04. The van der Waals surface area contributed by atoms with Crippen molar-refractivity contribution >= 4 is 23.3 Å². The lowest BCUT2D eigenvalue weighted by Crippen LogP contribution is -2.48. The summed E-state index contributed by atoms with van der Waals surface area (Å²) in [5.41, 5.74) is 0.978. The van der Waals surface area contributed by atoms with Gasteiger partial charge < -0.3 is 19.9 Å². The summed E-state index contributed by atoms with van der Waals surface area (Å²) in [4.78, 5) is 31.6. The highest BCUT2D eigenvalue weighted by atomic mass is 16.5. The van der Waals surface area contributed by atoms with E-state index in [1.54, 1.807) is 31.3 Å². The Kier molecular flexibility index (Phi) is 5.68. The van der Waals surface area contributed by atoms with Gasteiger partial charge in [0.1, 0.15) is 11.6 Å². The number of hydrogen-bond acceptors (Lipinski definition) is 5. The summed E-state index contributed by atoms with van der Waals surface area (Å²) in [6, 6.07) is 12.9. The van der Waals surface area contributed by atoms with Crippen molar-refractivity contribution in [2.45, 2.75) is 6.92 Å². The Labute approximate surface area is 152 Å². The standard InChI is InChI=1S/C19H22N4O3/c1-15(24)22-9-11-23(12-10-22)16-7-8-18(20-13-16)21-19(25)14-26-17-5-3-2-4-6-17/h2-8,13H,9-12,14H2,1H3,(H,20,21,25). The highest BCUT2D eigenvalue weighted by molar-refractivity contribution is 5.91. The van der Waals surface area contributed by atoms with Gasteiger partial charge in [0.05, 0.1) is 11.9 Å². The monoisotopic (exact) mass is 354 g/mol. The van der Waals surface area contributed by atoms with Crippen LogP contribution in [0.25, 0.3) is 0 Å². The molecule has 0 bridgehead atoms. The molecule has 0 aliphatic carbocycles. The molecule has 1 aliphatic heterocycles. The summed E-state index contributed by atoms with van der Waals surface area (Å²) in [7, 11) is 0. The molecule has 0 saturated carbocycles. The molecule has 7 nitrogen and oxygen atoms in total. The predicted molar refractivity (Wildman–Crippen MR) is 99.3 cm³/mol. The van der Waals surface area contributed by atoms with Crippen molar-refractivity contribution in [3.05, 3.63) is 48.7 Å². The van der Waals surface area contributed by atoms with Crippen LogP contribution in [0.4, 0.5) is 11.5 Å². The first-order valence-electron chi connectivity index (χ1n) is 8.56. The zero-order valence-electron chi connectivity index (χ0n) is 14.7. The fourth-order valence-electron chi connectivity index (χ4n) is 2.77. The summed E-state index contributed by atoms with van der Waals surface area (Å²) >= 11 is 0. The van der Waals surface area contributed by atoms with Crippen LogP contribution in [0.2, 0.25) is 0 Å². The van der Waals surface area contributed by atoms with Crippen LogP contribution in [-0.2, 0) is 9.59 Å². The second-order valence-electron chi connectivity index (χ2n) is 6.04. The number of hydrogen-bond donors (Lipinski definition) is 1. The van der Waals surface area contributed by atoms with Crippen LogP contribution in [0.1, 0.15) is 6.92 Å². The maximum Gasteiger partial charge on any atom is 0.263 e. The minimum atomic E-state index is -0.260. The van der Waals surface area contributed by atoms with E-state index in [-0.39, 0.29) is 18.4 Å². The van der Waals surface area contributed by atoms with Gasteiger partial charge in [0.15, 0.2) is 6.61 Å². The van der Waals surface area contributed by atoms with E-state index in [1.807, 2.05) is 29.2 Å². The summed E-state index contributed by atoms with van der Waals surface area (Å²) in [6.07, 6.45) is 1.73. The Hall–Kier alpha value is -3.09. The number of aromatic nitrogens is 1. The van der Waals surface area contributed by atoms with Crippen molar-refractivity contribution < 1.29 is 14.3 Å². The van der Waals surface area contributed by atoms with Gasteiger partial charge in [0.25, 0.3) is 5.91 Å². The molecule has 1 aliphatic rings. The number of carbonyl (C=O) groups is 2. The number of piperazine rings is 1. The normalized spacial score (nSPS) is 14.0. The zero-order chi connectivity index (χ0) is 18.4. The molecule has 2 heterocycles. The molecule has 26 heavy (non-hydrogen) atoms. The summed E-state index contributed by atoms with van der Waals surface area (Å²) in [6.45, 7) is 4.50. The Bertz CT molecular complexity index is 741. The number of ether oxygens (including phenoxy) is 1. The molecule has 0 unspecified atom stereocenters. The molecule has 0 radical (unpaired) electrons. The van der Waals surface area contributed by atoms with Crippen LogP contribution in [0.5, 0.6) is 5.75 Å². The fraction of sp³-hybridized carbons (Fsp3) is 0.316. The Morgan fingerprint density at radius 1 is 1.08 bits per heavy atom. The van der Waals surface area contributed by atoms with Crippen molar-refractivity contribution in [2.75, 3.05) is 43.0 Å². The van der Waals surface area contributed by atoms with E-state index in [4.69, 9.17) is 4.74 Å². The van der Waals surface area contributed by atoms with Crippen molar-refractivity contribution in [1.82, 2.24) is 9.88 Å². The summed E-state index contributed by atoms with van der Waals surface area (Å²) < 4.78 is 5.41. The molecule has 136 valence electrons. The van der Waals surface area contributed by atoms with E-state index in [1.165, 1.54) is 0 Å². The number of anilines is 2. The number of benzene rings is 1. The predicted octanol–water partition coefficient (Wildman–Crippen LogP) is 1.77. The number of nitrogens with zero attached hydrogens (tertiary/aromatic N) is 3. The van der Waals surface area contributed by atoms with Crippen LogP contribution < -0.4 is 15.0 Å². The van der Waals surface area contributed by atoms with Crippen LogP contribution >= 0.6 is 0 Å². The minimum Gasteiger partial charge on any atom is -0.484 e. The quantitative estimate of drug-likeness (QED) is 0.886. The van der Waals surface area contributed by atoms with Gasteiger partial charge in [-0.15, -0.1) is 0 Å². The van der Waals surface area contributed by atoms with Crippen LogP contribution in [-0.4, -0.2) is 54.5 Å². The molecule has 3 rings (SSSR count). The molecule has 1 saturated heterocycles. The number of amides is 2. The molecular formula is C19H22N4O3. The average molecular weight is 354 g/mol. The second kappa shape index (κ2) is 8.33. The van der Waals surface area contributed by atoms with E-state index in [9.17, 15) is 9.59 Å². The fourth-order valence-corrected chi connectivity index (χ4v) is 2.77. The van der Waals surface area contributed by atoms with E-state index in [2.05, 4.69) is 15.2 Å². The van der Waals surface area contributed by atoms with Crippen molar-refractivity contribution in [1.29, 1.82) is 0 Å². The maximum atomic E-state index is 11.9. The minimum absolute atomic E-state index is 0.0690. The van der Waals surface area contributed by atoms with Gasteiger partial charge in [-0.1, -0.05) is 18.2 Å². The first-order chi connectivity index (χ1) is 12.6. The third-order valence-electron chi connectivity index (χ3n) is 4.22. The average Bonchev–Trinajstić information content (AvgIpc) is 2.68. The molecule has 0 spiro atoms. The number of para-hydroxylation sites is 1. The molecule has 2 amide bonds. The summed E-state index contributed by atoms with van der Waals surface area (Å²) in [5, 5.41) is 2.72. The van der Waals surface area contributed by atoms with Crippen LogP contribution in [0, 0.1) is 0 Å². The number of rotatable bonds is 5. The van der Waals surface area contributed by atoms with Crippen molar-refractivity contribution in [2.24, 2.45) is 0 Å². The Morgan fingerprint density at radius 2 is 1.81 bits per heavy atom. The van der Waals surface area contributed by atoms with Gasteiger partial charge in [-0.25, -0.2) is 4.98 Å². The highest BCUT2D eigenvalue weighted by Gasteiger charge is 2.19. The molecule has 0 atom stereocenters. The van der Waals surface area contributed by atoms with E-state index in [0.29, 0.717) is 24.7 Å². The molecule has 7 heteroatoms. The lowest BCUT2D eigenvalue weighted by molar-refractivity contribution is -0.129. The summed E-state index contributed by atoms with van der Waals surface area (Å²) in [5.74, 6) is 0.983.